The lowest BCUT2D eigenvalue weighted by molar-refractivity contribution is 0.469. The van der Waals surface area contributed by atoms with Crippen LogP contribution in [0.25, 0.3) is 0 Å². The Morgan fingerprint density at radius 2 is 2.09 bits per heavy atom. The molecule has 1 atom stereocenters. The largest absolute Gasteiger partial charge is 0.508 e. The third kappa shape index (κ3) is 1.52. The minimum Gasteiger partial charge on any atom is -0.508 e. The summed E-state index contributed by atoms with van der Waals surface area (Å²) < 4.78 is 0. The van der Waals surface area contributed by atoms with E-state index in [4.69, 9.17) is 5.73 Å². The normalized spacial score (nSPS) is 13.0. The molecule has 1 aromatic carbocycles. The van der Waals surface area contributed by atoms with Gasteiger partial charge in [-0.05, 0) is 31.0 Å². The zero-order valence-electron chi connectivity index (χ0n) is 6.83. The Bertz CT molecular complexity index is 256. The number of hydrogen-bond donors (Lipinski definition) is 2. The predicted octanol–water partition coefficient (Wildman–Crippen LogP) is 1.72. The lowest BCUT2D eigenvalue weighted by Gasteiger charge is -2.09. The summed E-state index contributed by atoms with van der Waals surface area (Å²) in [7, 11) is 0. The molecule has 0 aliphatic rings. The van der Waals surface area contributed by atoms with Gasteiger partial charge in [0.25, 0.3) is 0 Å². The van der Waals surface area contributed by atoms with Crippen molar-refractivity contribution in [3.63, 3.8) is 0 Å². The number of hydrogen-bond acceptors (Lipinski definition) is 2. The van der Waals surface area contributed by atoms with Crippen molar-refractivity contribution >= 4 is 0 Å². The molecule has 0 aromatic heterocycles. The molecule has 0 aliphatic heterocycles. The first kappa shape index (κ1) is 8.08. The zero-order chi connectivity index (χ0) is 8.43. The van der Waals surface area contributed by atoms with Gasteiger partial charge in [-0.3, -0.25) is 0 Å². The van der Waals surface area contributed by atoms with E-state index in [9.17, 15) is 5.11 Å². The van der Waals surface area contributed by atoms with Crippen molar-refractivity contribution in [2.75, 3.05) is 0 Å². The Labute approximate surface area is 66.7 Å². The van der Waals surface area contributed by atoms with Crippen LogP contribution >= 0.6 is 0 Å². The smallest absolute Gasteiger partial charge is 0.118 e. The second kappa shape index (κ2) is 2.93. The van der Waals surface area contributed by atoms with Crippen LogP contribution in [-0.4, -0.2) is 5.11 Å². The van der Waals surface area contributed by atoms with Gasteiger partial charge in [0.1, 0.15) is 5.75 Å². The first-order chi connectivity index (χ1) is 5.13. The summed E-state index contributed by atoms with van der Waals surface area (Å²) in [5.74, 6) is 0.319. The van der Waals surface area contributed by atoms with Crippen LogP contribution in [0.3, 0.4) is 0 Å². The molecule has 1 rings (SSSR count). The number of benzene rings is 1. The fraction of sp³-hybridized carbons (Fsp3) is 0.333. The molecule has 0 heterocycles. The number of aromatic hydroxyl groups is 1. The van der Waals surface area contributed by atoms with Crippen molar-refractivity contribution in [2.45, 2.75) is 19.9 Å². The number of phenolic OH excluding ortho intramolecular Hbond substituents is 1. The molecule has 1 unspecified atom stereocenters. The first-order valence-electron chi connectivity index (χ1n) is 3.67. The Kier molecular flexibility index (Phi) is 2.15. The summed E-state index contributed by atoms with van der Waals surface area (Å²) in [5, 5.41) is 9.29. The Hall–Kier alpha value is -1.02. The predicted molar refractivity (Wildman–Crippen MR) is 45.4 cm³/mol. The van der Waals surface area contributed by atoms with Crippen LogP contribution in [-0.2, 0) is 0 Å². The summed E-state index contributed by atoms with van der Waals surface area (Å²) in [6.07, 6.45) is 0. The van der Waals surface area contributed by atoms with Gasteiger partial charge in [-0.2, -0.15) is 0 Å². The molecule has 0 bridgehead atoms. The third-order valence-corrected chi connectivity index (χ3v) is 1.84. The van der Waals surface area contributed by atoms with Crippen LogP contribution in [0.4, 0.5) is 0 Å². The van der Waals surface area contributed by atoms with Gasteiger partial charge in [-0.25, -0.2) is 0 Å². The molecule has 0 saturated carbocycles. The average Bonchev–Trinajstić information content (AvgIpc) is 1.94. The maximum absolute atomic E-state index is 9.29. The zero-order valence-corrected chi connectivity index (χ0v) is 6.83. The summed E-state index contributed by atoms with van der Waals surface area (Å²) >= 11 is 0. The summed E-state index contributed by atoms with van der Waals surface area (Å²) in [6, 6.07) is 5.39. The second-order valence-electron chi connectivity index (χ2n) is 2.78. The van der Waals surface area contributed by atoms with Gasteiger partial charge in [0.15, 0.2) is 0 Å². The van der Waals surface area contributed by atoms with E-state index in [2.05, 4.69) is 0 Å². The van der Waals surface area contributed by atoms with Gasteiger partial charge in [0.05, 0.1) is 0 Å². The van der Waals surface area contributed by atoms with Crippen molar-refractivity contribution in [1.82, 2.24) is 0 Å². The van der Waals surface area contributed by atoms with Crippen LogP contribution in [0.15, 0.2) is 18.2 Å². The molecule has 11 heavy (non-hydrogen) atoms. The standard InChI is InChI=1S/C9H13NO/c1-6-8(7(2)10)4-3-5-9(6)11/h3-5,7,11H,10H2,1-2H3. The highest BCUT2D eigenvalue weighted by molar-refractivity contribution is 5.39. The van der Waals surface area contributed by atoms with Crippen molar-refractivity contribution in [3.8, 4) is 5.75 Å². The minimum absolute atomic E-state index is 0.0119. The van der Waals surface area contributed by atoms with Crippen LogP contribution in [0.1, 0.15) is 24.1 Å². The summed E-state index contributed by atoms with van der Waals surface area (Å²) in [4.78, 5) is 0. The SMILES string of the molecule is Cc1c(O)cccc1C(C)N. The topological polar surface area (TPSA) is 46.2 Å². The van der Waals surface area contributed by atoms with Crippen molar-refractivity contribution in [1.29, 1.82) is 0 Å². The highest BCUT2D eigenvalue weighted by atomic mass is 16.3. The molecule has 3 N–H and O–H groups in total. The first-order valence-corrected chi connectivity index (χ1v) is 3.67. The van der Waals surface area contributed by atoms with E-state index in [0.29, 0.717) is 5.75 Å². The molecule has 0 aliphatic carbocycles. The van der Waals surface area contributed by atoms with Gasteiger partial charge in [0.2, 0.25) is 0 Å². The molecule has 0 fully saturated rings. The van der Waals surface area contributed by atoms with Gasteiger partial charge < -0.3 is 10.8 Å². The average molecular weight is 151 g/mol. The van der Waals surface area contributed by atoms with E-state index in [-0.39, 0.29) is 6.04 Å². The molecule has 2 heteroatoms. The molecule has 0 spiro atoms. The molecular formula is C9H13NO. The Morgan fingerprint density at radius 3 is 2.55 bits per heavy atom. The summed E-state index contributed by atoms with van der Waals surface area (Å²) in [5.41, 5.74) is 7.55. The molecule has 0 radical (unpaired) electrons. The molecule has 0 amide bonds. The van der Waals surface area contributed by atoms with Crippen LogP contribution < -0.4 is 5.73 Å². The molecule has 60 valence electrons. The Morgan fingerprint density at radius 1 is 1.45 bits per heavy atom. The van der Waals surface area contributed by atoms with Gasteiger partial charge in [-0.1, -0.05) is 12.1 Å². The van der Waals surface area contributed by atoms with E-state index >= 15 is 0 Å². The molecular weight excluding hydrogens is 138 g/mol. The van der Waals surface area contributed by atoms with E-state index in [1.165, 1.54) is 0 Å². The maximum atomic E-state index is 9.29. The third-order valence-electron chi connectivity index (χ3n) is 1.84. The van der Waals surface area contributed by atoms with E-state index < -0.39 is 0 Å². The monoisotopic (exact) mass is 151 g/mol. The number of nitrogens with two attached hydrogens (primary N) is 1. The van der Waals surface area contributed by atoms with E-state index in [0.717, 1.165) is 11.1 Å². The maximum Gasteiger partial charge on any atom is 0.118 e. The van der Waals surface area contributed by atoms with E-state index in [1.54, 1.807) is 12.1 Å². The lowest BCUT2D eigenvalue weighted by atomic mass is 10.0. The Balaban J connectivity index is 3.17. The van der Waals surface area contributed by atoms with Gasteiger partial charge in [-0.15, -0.1) is 0 Å². The van der Waals surface area contributed by atoms with E-state index in [1.807, 2.05) is 19.9 Å². The minimum atomic E-state index is -0.0119. The van der Waals surface area contributed by atoms with Crippen LogP contribution in [0.2, 0.25) is 0 Å². The second-order valence-corrected chi connectivity index (χ2v) is 2.78. The van der Waals surface area contributed by atoms with Crippen molar-refractivity contribution < 1.29 is 5.11 Å². The molecule has 1 aromatic rings. The van der Waals surface area contributed by atoms with Crippen LogP contribution in [0, 0.1) is 6.92 Å². The van der Waals surface area contributed by atoms with Gasteiger partial charge >= 0.3 is 0 Å². The highest BCUT2D eigenvalue weighted by Crippen LogP contribution is 2.23. The lowest BCUT2D eigenvalue weighted by Crippen LogP contribution is -2.06. The highest BCUT2D eigenvalue weighted by Gasteiger charge is 2.05. The van der Waals surface area contributed by atoms with Crippen LogP contribution in [0.5, 0.6) is 5.75 Å². The fourth-order valence-electron chi connectivity index (χ4n) is 1.13. The number of rotatable bonds is 1. The summed E-state index contributed by atoms with van der Waals surface area (Å²) in [6.45, 7) is 3.77. The number of phenols is 1. The van der Waals surface area contributed by atoms with Crippen molar-refractivity contribution in [3.05, 3.63) is 29.3 Å². The molecule has 2 nitrogen and oxygen atoms in total. The fourth-order valence-corrected chi connectivity index (χ4v) is 1.13. The van der Waals surface area contributed by atoms with Gasteiger partial charge in [0, 0.05) is 6.04 Å². The molecule has 0 saturated heterocycles. The quantitative estimate of drug-likeness (QED) is 0.642. The van der Waals surface area contributed by atoms with Crippen molar-refractivity contribution in [2.24, 2.45) is 5.73 Å².